The fourth-order valence-corrected chi connectivity index (χ4v) is 6.46. The number of hydrogen-bond acceptors (Lipinski definition) is 7. The van der Waals surface area contributed by atoms with Crippen molar-refractivity contribution < 1.29 is 24.5 Å². The van der Waals surface area contributed by atoms with E-state index in [1.165, 1.54) is 19.5 Å². The number of aromatic nitrogens is 2. The van der Waals surface area contributed by atoms with E-state index in [9.17, 15) is 15.0 Å². The minimum atomic E-state index is -2.05. The van der Waals surface area contributed by atoms with E-state index >= 15 is 0 Å². The number of aliphatic hydroxyl groups is 2. The lowest BCUT2D eigenvalue weighted by Crippen LogP contribution is -2.52. The maximum atomic E-state index is 14.0. The van der Waals surface area contributed by atoms with Crippen LogP contribution in [0.15, 0.2) is 96.0 Å². The Labute approximate surface area is 233 Å². The fourth-order valence-electron chi connectivity index (χ4n) is 6.19. The number of amides is 1. The molecule has 39 heavy (non-hydrogen) atoms. The third-order valence-electron chi connectivity index (χ3n) is 7.80. The molecule has 5 atom stereocenters. The smallest absolute Gasteiger partial charge is 0.226 e. The summed E-state index contributed by atoms with van der Waals surface area (Å²) in [6.45, 7) is 0.214. The van der Waals surface area contributed by atoms with E-state index in [0.717, 1.165) is 15.6 Å². The number of ether oxygens (including phenoxy) is 2. The van der Waals surface area contributed by atoms with Crippen molar-refractivity contribution in [2.45, 2.75) is 29.8 Å². The van der Waals surface area contributed by atoms with E-state index < -0.39 is 35.0 Å². The van der Waals surface area contributed by atoms with Gasteiger partial charge in [-0.1, -0.05) is 64.5 Å². The molecule has 198 valence electrons. The van der Waals surface area contributed by atoms with Crippen LogP contribution in [0.5, 0.6) is 11.5 Å². The number of methoxy groups -OCH3 is 1. The molecule has 3 N–H and O–H groups in total. The highest BCUT2D eigenvalue weighted by atomic mass is 79.9. The monoisotopic (exact) mass is 587 g/mol. The molecule has 1 amide bonds. The topological polar surface area (TPSA) is 114 Å². The second-order valence-corrected chi connectivity index (χ2v) is 10.7. The van der Waals surface area contributed by atoms with Gasteiger partial charge >= 0.3 is 0 Å². The van der Waals surface area contributed by atoms with Crippen LogP contribution >= 0.6 is 15.9 Å². The zero-order valence-corrected chi connectivity index (χ0v) is 22.6. The third-order valence-corrected chi connectivity index (χ3v) is 8.33. The van der Waals surface area contributed by atoms with E-state index in [0.29, 0.717) is 5.56 Å². The number of nitrogens with one attached hydrogen (secondary N) is 1. The highest BCUT2D eigenvalue weighted by Gasteiger charge is 2.78. The van der Waals surface area contributed by atoms with Crippen molar-refractivity contribution in [1.29, 1.82) is 0 Å². The number of fused-ring (bicyclic) bond motifs is 3. The minimum absolute atomic E-state index is 0.214. The van der Waals surface area contributed by atoms with Gasteiger partial charge in [-0.3, -0.25) is 14.8 Å². The molecular weight excluding hydrogens is 562 g/mol. The molecule has 1 aliphatic heterocycles. The Hall–Kier alpha value is -3.79. The van der Waals surface area contributed by atoms with Crippen LogP contribution in [0, 0.1) is 5.92 Å². The number of halogens is 1. The molecule has 2 aromatic heterocycles. The lowest BCUT2D eigenvalue weighted by atomic mass is 9.70. The predicted molar refractivity (Wildman–Crippen MR) is 146 cm³/mol. The number of nitrogens with zero attached hydrogens (tertiary/aromatic N) is 2. The first-order chi connectivity index (χ1) is 18.9. The second-order valence-electron chi connectivity index (χ2n) is 9.76. The molecule has 6 rings (SSSR count). The van der Waals surface area contributed by atoms with Crippen LogP contribution < -0.4 is 14.8 Å². The standard InChI is InChI=1S/C30H26BrN3O5/c1-38-22-16-33-17-23-26(22)29(37)27(35)24(28(36)34-15-18-6-5-13-32-14-18)25(19-7-3-2-4-8-19)30(29,39-23)20-9-11-21(31)12-10-20/h2-14,16-17,24-25,27,35,37H,15H2,1H3,(H,34,36)/t24-,25-,27-,29+,30+/m1/s1. The number of pyridine rings is 2. The van der Waals surface area contributed by atoms with Crippen LogP contribution in [0.25, 0.3) is 0 Å². The summed E-state index contributed by atoms with van der Waals surface area (Å²) in [7, 11) is 1.47. The van der Waals surface area contributed by atoms with Gasteiger partial charge in [0.05, 0.1) is 31.0 Å². The number of carbonyl (C=O) groups excluding carboxylic acids is 1. The maximum absolute atomic E-state index is 14.0. The van der Waals surface area contributed by atoms with Crippen LogP contribution in [-0.4, -0.2) is 39.3 Å². The summed E-state index contributed by atoms with van der Waals surface area (Å²) in [4.78, 5) is 22.3. The van der Waals surface area contributed by atoms with Gasteiger partial charge in [-0.15, -0.1) is 0 Å². The highest BCUT2D eigenvalue weighted by molar-refractivity contribution is 9.10. The molecule has 1 aliphatic carbocycles. The Morgan fingerprint density at radius 3 is 2.51 bits per heavy atom. The SMILES string of the molecule is COc1cncc2c1[C@]1(O)[C@H](O)[C@H](C(=O)NCc3cccnc3)[C@@H](c3ccccc3)[C@]1(c1ccc(Br)cc1)O2. The number of rotatable bonds is 6. The number of hydrogen-bond donors (Lipinski definition) is 3. The first-order valence-electron chi connectivity index (χ1n) is 12.5. The lowest BCUT2D eigenvalue weighted by Gasteiger charge is -2.40. The number of aliphatic hydroxyl groups excluding tert-OH is 1. The average molecular weight is 588 g/mol. The van der Waals surface area contributed by atoms with Crippen LogP contribution in [0.3, 0.4) is 0 Å². The Morgan fingerprint density at radius 1 is 1.05 bits per heavy atom. The van der Waals surface area contributed by atoms with Crippen molar-refractivity contribution in [3.63, 3.8) is 0 Å². The molecule has 1 saturated carbocycles. The molecular formula is C30H26BrN3O5. The van der Waals surface area contributed by atoms with Crippen molar-refractivity contribution in [2.75, 3.05) is 7.11 Å². The summed E-state index contributed by atoms with van der Waals surface area (Å²) < 4.78 is 13.1. The van der Waals surface area contributed by atoms with Gasteiger partial charge in [0.15, 0.2) is 11.2 Å². The van der Waals surface area contributed by atoms with Gasteiger partial charge in [0.2, 0.25) is 5.91 Å². The highest BCUT2D eigenvalue weighted by Crippen LogP contribution is 2.69. The van der Waals surface area contributed by atoms with E-state index in [-0.39, 0.29) is 23.6 Å². The molecule has 2 aromatic carbocycles. The van der Waals surface area contributed by atoms with Gasteiger partial charge in [0.1, 0.15) is 17.6 Å². The minimum Gasteiger partial charge on any atom is -0.495 e. The third kappa shape index (κ3) is 3.76. The van der Waals surface area contributed by atoms with Gasteiger partial charge in [-0.05, 0) is 34.9 Å². The molecule has 8 nitrogen and oxygen atoms in total. The summed E-state index contributed by atoms with van der Waals surface area (Å²) >= 11 is 3.49. The van der Waals surface area contributed by atoms with Gasteiger partial charge < -0.3 is 25.0 Å². The normalized spacial score (nSPS) is 26.8. The van der Waals surface area contributed by atoms with Crippen LogP contribution in [-0.2, 0) is 22.5 Å². The molecule has 2 aliphatic rings. The Kier molecular flexibility index (Phi) is 6.37. The number of carbonyl (C=O) groups is 1. The predicted octanol–water partition coefficient (Wildman–Crippen LogP) is 3.81. The summed E-state index contributed by atoms with van der Waals surface area (Å²) in [6, 6.07) is 20.4. The largest absolute Gasteiger partial charge is 0.495 e. The van der Waals surface area contributed by atoms with Gasteiger partial charge in [0, 0.05) is 29.3 Å². The zero-order chi connectivity index (χ0) is 27.2. The quantitative estimate of drug-likeness (QED) is 0.314. The molecule has 0 saturated heterocycles. The summed E-state index contributed by atoms with van der Waals surface area (Å²) in [5.41, 5.74) is -1.23. The van der Waals surface area contributed by atoms with Crippen molar-refractivity contribution in [2.24, 2.45) is 5.92 Å². The molecule has 0 bridgehead atoms. The number of benzene rings is 2. The van der Waals surface area contributed by atoms with E-state index in [1.54, 1.807) is 18.5 Å². The molecule has 9 heteroatoms. The van der Waals surface area contributed by atoms with Gasteiger partial charge in [-0.25, -0.2) is 0 Å². The maximum Gasteiger partial charge on any atom is 0.226 e. The van der Waals surface area contributed by atoms with Crippen LogP contribution in [0.2, 0.25) is 0 Å². The first-order valence-corrected chi connectivity index (χ1v) is 13.3. The molecule has 0 spiro atoms. The molecule has 0 unspecified atom stereocenters. The van der Waals surface area contributed by atoms with Crippen LogP contribution in [0.1, 0.15) is 28.2 Å². The van der Waals surface area contributed by atoms with E-state index in [4.69, 9.17) is 9.47 Å². The van der Waals surface area contributed by atoms with Gasteiger partial charge in [0.25, 0.3) is 0 Å². The Bertz CT molecular complexity index is 1500. The summed E-state index contributed by atoms with van der Waals surface area (Å²) in [5, 5.41) is 27.8. The molecule has 0 radical (unpaired) electrons. The molecule has 4 aromatic rings. The molecule has 1 fully saturated rings. The van der Waals surface area contributed by atoms with Crippen molar-refractivity contribution in [3.8, 4) is 11.5 Å². The lowest BCUT2D eigenvalue weighted by molar-refractivity contribution is -0.154. The average Bonchev–Trinajstić information content (AvgIpc) is 3.35. The second kappa shape index (κ2) is 9.75. The first kappa shape index (κ1) is 25.5. The van der Waals surface area contributed by atoms with Crippen LogP contribution in [0.4, 0.5) is 0 Å². The Morgan fingerprint density at radius 2 is 1.82 bits per heavy atom. The van der Waals surface area contributed by atoms with E-state index in [1.807, 2.05) is 60.7 Å². The van der Waals surface area contributed by atoms with E-state index in [2.05, 4.69) is 31.2 Å². The van der Waals surface area contributed by atoms with Gasteiger partial charge in [-0.2, -0.15) is 0 Å². The van der Waals surface area contributed by atoms with Crippen molar-refractivity contribution in [1.82, 2.24) is 15.3 Å². The molecule has 3 heterocycles. The Balaban J connectivity index is 1.57. The fraction of sp³-hybridized carbons (Fsp3) is 0.233. The zero-order valence-electron chi connectivity index (χ0n) is 21.0. The summed E-state index contributed by atoms with van der Waals surface area (Å²) in [6.07, 6.45) is 4.74. The summed E-state index contributed by atoms with van der Waals surface area (Å²) in [5.74, 6) is -1.74. The van der Waals surface area contributed by atoms with Crippen molar-refractivity contribution in [3.05, 3.63) is 118 Å². The van der Waals surface area contributed by atoms with Crippen molar-refractivity contribution >= 4 is 21.8 Å².